The maximum atomic E-state index is 11.6. The third-order valence-electron chi connectivity index (χ3n) is 3.20. The fourth-order valence-corrected chi connectivity index (χ4v) is 2.94. The van der Waals surface area contributed by atoms with Crippen molar-refractivity contribution in [3.05, 3.63) is 0 Å². The second-order valence-corrected chi connectivity index (χ2v) is 6.70. The van der Waals surface area contributed by atoms with Gasteiger partial charge in [0, 0.05) is 39.3 Å². The maximum absolute atomic E-state index is 11.6. The number of hydrogen-bond acceptors (Lipinski definition) is 5. The Labute approximate surface area is 114 Å². The highest BCUT2D eigenvalue weighted by Crippen LogP contribution is 2.12. The molecule has 1 fully saturated rings. The van der Waals surface area contributed by atoms with E-state index < -0.39 is 21.8 Å². The molecule has 0 aromatic rings. The van der Waals surface area contributed by atoms with Crippen LogP contribution in [-0.4, -0.2) is 75.7 Å². The number of amides is 1. The SMILES string of the molecule is CCOCCN1CCN(S(C)(=O)=O)C[C@H](C(N)=O)C1. The Hall–Kier alpha value is -0.700. The number of sulfonamides is 1. The van der Waals surface area contributed by atoms with Crippen LogP contribution in [0.25, 0.3) is 0 Å². The number of rotatable bonds is 6. The van der Waals surface area contributed by atoms with Crippen LogP contribution in [0.4, 0.5) is 0 Å². The molecule has 0 unspecified atom stereocenters. The molecule has 8 heteroatoms. The molecular weight excluding hydrogens is 270 g/mol. The Morgan fingerprint density at radius 1 is 1.37 bits per heavy atom. The van der Waals surface area contributed by atoms with E-state index in [9.17, 15) is 13.2 Å². The summed E-state index contributed by atoms with van der Waals surface area (Å²) < 4.78 is 29.8. The predicted octanol–water partition coefficient (Wildman–Crippen LogP) is -1.30. The van der Waals surface area contributed by atoms with Gasteiger partial charge in [-0.1, -0.05) is 0 Å². The van der Waals surface area contributed by atoms with E-state index in [0.29, 0.717) is 39.4 Å². The van der Waals surface area contributed by atoms with Gasteiger partial charge < -0.3 is 10.5 Å². The predicted molar refractivity (Wildman–Crippen MR) is 72.0 cm³/mol. The normalized spacial score (nSPS) is 23.2. The molecule has 1 saturated heterocycles. The molecule has 1 amide bonds. The number of hydrogen-bond donors (Lipinski definition) is 1. The molecule has 7 nitrogen and oxygen atoms in total. The first-order valence-electron chi connectivity index (χ1n) is 6.39. The van der Waals surface area contributed by atoms with E-state index in [1.54, 1.807) is 0 Å². The number of carbonyl (C=O) groups excluding carboxylic acids is 1. The Morgan fingerprint density at radius 2 is 2.05 bits per heavy atom. The Balaban J connectivity index is 2.68. The van der Waals surface area contributed by atoms with Crippen LogP contribution >= 0.6 is 0 Å². The van der Waals surface area contributed by atoms with Crippen molar-refractivity contribution in [3.8, 4) is 0 Å². The van der Waals surface area contributed by atoms with Crippen LogP contribution in [0, 0.1) is 5.92 Å². The number of primary amides is 1. The molecular formula is C11H23N3O4S. The highest BCUT2D eigenvalue weighted by molar-refractivity contribution is 7.88. The van der Waals surface area contributed by atoms with Crippen molar-refractivity contribution < 1.29 is 17.9 Å². The molecule has 2 N–H and O–H groups in total. The number of ether oxygens (including phenoxy) is 1. The molecule has 1 atom stereocenters. The number of nitrogens with zero attached hydrogens (tertiary/aromatic N) is 2. The van der Waals surface area contributed by atoms with Gasteiger partial charge in [0.15, 0.2) is 0 Å². The topological polar surface area (TPSA) is 92.9 Å². The van der Waals surface area contributed by atoms with Crippen molar-refractivity contribution >= 4 is 15.9 Å². The molecule has 1 heterocycles. The zero-order chi connectivity index (χ0) is 14.5. The smallest absolute Gasteiger partial charge is 0.223 e. The highest BCUT2D eigenvalue weighted by atomic mass is 32.2. The fourth-order valence-electron chi connectivity index (χ4n) is 2.07. The van der Waals surface area contributed by atoms with Gasteiger partial charge >= 0.3 is 0 Å². The van der Waals surface area contributed by atoms with E-state index in [2.05, 4.69) is 0 Å². The molecule has 0 radical (unpaired) electrons. The monoisotopic (exact) mass is 293 g/mol. The molecule has 1 rings (SSSR count). The van der Waals surface area contributed by atoms with E-state index in [0.717, 1.165) is 6.26 Å². The van der Waals surface area contributed by atoms with E-state index in [1.807, 2.05) is 11.8 Å². The first-order valence-corrected chi connectivity index (χ1v) is 8.24. The molecule has 0 bridgehead atoms. The summed E-state index contributed by atoms with van der Waals surface area (Å²) in [6.45, 7) is 5.42. The van der Waals surface area contributed by atoms with Crippen LogP contribution in [-0.2, 0) is 19.6 Å². The molecule has 0 aliphatic carbocycles. The third kappa shape index (κ3) is 5.43. The van der Waals surface area contributed by atoms with Gasteiger partial charge in [-0.25, -0.2) is 12.7 Å². The molecule has 19 heavy (non-hydrogen) atoms. The van der Waals surface area contributed by atoms with E-state index in [-0.39, 0.29) is 6.54 Å². The van der Waals surface area contributed by atoms with Crippen LogP contribution in [0.15, 0.2) is 0 Å². The lowest BCUT2D eigenvalue weighted by molar-refractivity contribution is -0.122. The minimum atomic E-state index is -3.30. The number of carbonyl (C=O) groups is 1. The average Bonchev–Trinajstić information content (AvgIpc) is 2.51. The summed E-state index contributed by atoms with van der Waals surface area (Å²) in [6.07, 6.45) is 1.15. The van der Waals surface area contributed by atoms with Crippen LogP contribution in [0.5, 0.6) is 0 Å². The summed E-state index contributed by atoms with van der Waals surface area (Å²) in [5.41, 5.74) is 5.34. The quantitative estimate of drug-likeness (QED) is 0.615. The van der Waals surface area contributed by atoms with Crippen molar-refractivity contribution in [1.82, 2.24) is 9.21 Å². The van der Waals surface area contributed by atoms with Crippen LogP contribution in [0.3, 0.4) is 0 Å². The van der Waals surface area contributed by atoms with Crippen LogP contribution in [0.1, 0.15) is 6.92 Å². The van der Waals surface area contributed by atoms with Crippen molar-refractivity contribution in [2.24, 2.45) is 11.7 Å². The van der Waals surface area contributed by atoms with Gasteiger partial charge in [-0.15, -0.1) is 0 Å². The summed E-state index contributed by atoms with van der Waals surface area (Å²) in [5, 5.41) is 0. The minimum Gasteiger partial charge on any atom is -0.380 e. The lowest BCUT2D eigenvalue weighted by atomic mass is 10.1. The summed E-state index contributed by atoms with van der Waals surface area (Å²) in [6, 6.07) is 0. The van der Waals surface area contributed by atoms with Gasteiger partial charge in [0.1, 0.15) is 0 Å². The van der Waals surface area contributed by atoms with Crippen LogP contribution in [0.2, 0.25) is 0 Å². The van der Waals surface area contributed by atoms with Gasteiger partial charge in [-0.3, -0.25) is 9.69 Å². The van der Waals surface area contributed by atoms with Gasteiger partial charge in [0.25, 0.3) is 0 Å². The average molecular weight is 293 g/mol. The summed E-state index contributed by atoms with van der Waals surface area (Å²) in [4.78, 5) is 13.4. The second kappa shape index (κ2) is 7.18. The molecule has 1 aliphatic rings. The Morgan fingerprint density at radius 3 is 2.58 bits per heavy atom. The molecule has 0 spiro atoms. The zero-order valence-electron chi connectivity index (χ0n) is 11.5. The van der Waals surface area contributed by atoms with Crippen molar-refractivity contribution in [1.29, 1.82) is 0 Å². The largest absolute Gasteiger partial charge is 0.380 e. The van der Waals surface area contributed by atoms with Crippen molar-refractivity contribution in [3.63, 3.8) is 0 Å². The third-order valence-corrected chi connectivity index (χ3v) is 4.47. The maximum Gasteiger partial charge on any atom is 0.223 e. The fraction of sp³-hybridized carbons (Fsp3) is 0.909. The summed E-state index contributed by atoms with van der Waals surface area (Å²) in [5.74, 6) is -0.934. The Kier molecular flexibility index (Phi) is 6.18. The van der Waals surface area contributed by atoms with Gasteiger partial charge in [0.2, 0.25) is 15.9 Å². The minimum absolute atomic E-state index is 0.166. The van der Waals surface area contributed by atoms with E-state index >= 15 is 0 Å². The van der Waals surface area contributed by atoms with E-state index in [4.69, 9.17) is 10.5 Å². The zero-order valence-corrected chi connectivity index (χ0v) is 12.4. The van der Waals surface area contributed by atoms with Crippen molar-refractivity contribution in [2.45, 2.75) is 6.92 Å². The van der Waals surface area contributed by atoms with Crippen molar-refractivity contribution in [2.75, 3.05) is 52.2 Å². The lowest BCUT2D eigenvalue weighted by Gasteiger charge is -2.21. The highest BCUT2D eigenvalue weighted by Gasteiger charge is 2.30. The first kappa shape index (κ1) is 16.4. The molecule has 0 saturated carbocycles. The summed E-state index contributed by atoms with van der Waals surface area (Å²) >= 11 is 0. The molecule has 0 aromatic carbocycles. The number of nitrogens with two attached hydrogens (primary N) is 1. The van der Waals surface area contributed by atoms with E-state index in [1.165, 1.54) is 4.31 Å². The molecule has 112 valence electrons. The standard InChI is InChI=1S/C11H23N3O4S/c1-3-18-7-6-13-4-5-14(19(2,16)17)9-10(8-13)11(12)15/h10H,3-9H2,1-2H3,(H2,12,15)/t10-/m1/s1. The van der Waals surface area contributed by atoms with Crippen LogP contribution < -0.4 is 5.73 Å². The molecule has 1 aliphatic heterocycles. The second-order valence-electron chi connectivity index (χ2n) is 4.72. The summed E-state index contributed by atoms with van der Waals surface area (Å²) in [7, 11) is -3.30. The van der Waals surface area contributed by atoms with Gasteiger partial charge in [-0.2, -0.15) is 0 Å². The van der Waals surface area contributed by atoms with Gasteiger partial charge in [0.05, 0.1) is 18.8 Å². The first-order chi connectivity index (χ1) is 8.84. The molecule has 0 aromatic heterocycles. The van der Waals surface area contributed by atoms with Gasteiger partial charge in [-0.05, 0) is 6.92 Å². The Bertz CT molecular complexity index is 399. The lowest BCUT2D eigenvalue weighted by Crippen LogP contribution is -2.40.